The van der Waals surface area contributed by atoms with Crippen LogP contribution in [-0.2, 0) is 0 Å². The molecule has 6 aliphatic heterocycles. The first kappa shape index (κ1) is 55.5. The molecule has 9 nitrogen and oxygen atoms in total. The minimum absolute atomic E-state index is 0.156. The van der Waals surface area contributed by atoms with Gasteiger partial charge in [0.1, 0.15) is 46.0 Å². The molecule has 0 saturated carbocycles. The Labute approximate surface area is 575 Å². The predicted molar refractivity (Wildman–Crippen MR) is 410 cm³/mol. The highest BCUT2D eigenvalue weighted by Gasteiger charge is 2.50. The predicted octanol–water partition coefficient (Wildman–Crippen LogP) is 16.7. The van der Waals surface area contributed by atoms with Crippen molar-refractivity contribution >= 4 is 185 Å². The van der Waals surface area contributed by atoms with Crippen molar-refractivity contribution in [2.75, 3.05) is 38.6 Å². The number of hydrogen-bond acceptors (Lipinski definition) is 11. The van der Waals surface area contributed by atoms with Crippen molar-refractivity contribution < 1.29 is 18.9 Å². The van der Waals surface area contributed by atoms with E-state index in [1.807, 2.05) is 22.7 Å². The quantitative estimate of drug-likeness (QED) is 0.132. The summed E-state index contributed by atoms with van der Waals surface area (Å²) < 4.78 is 34.6. The van der Waals surface area contributed by atoms with Gasteiger partial charge in [-0.05, 0) is 148 Å². The lowest BCUT2D eigenvalue weighted by Crippen LogP contribution is -2.64. The van der Waals surface area contributed by atoms with E-state index in [1.165, 1.54) is 25.1 Å². The van der Waals surface area contributed by atoms with Crippen LogP contribution in [0.2, 0.25) is 0 Å². The number of thiophene rings is 2. The first-order valence-electron chi connectivity index (χ1n) is 33.2. The average Bonchev–Trinajstić information content (AvgIpc) is 0.989. The van der Waals surface area contributed by atoms with Crippen LogP contribution < -0.4 is 91.2 Å². The molecule has 0 saturated heterocycles. The minimum atomic E-state index is -0.280. The lowest BCUT2D eigenvalue weighted by Gasteiger charge is -2.43. The van der Waals surface area contributed by atoms with Crippen LogP contribution in [0.5, 0.6) is 46.0 Å². The summed E-state index contributed by atoms with van der Waals surface area (Å²) in [7, 11) is 4.48. The maximum Gasteiger partial charge on any atom is 0.273 e. The maximum absolute atomic E-state index is 7.63. The molecule has 13 aromatic carbocycles. The number of ether oxygens (including phenoxy) is 4. The van der Waals surface area contributed by atoms with Crippen molar-refractivity contribution in [3.05, 3.63) is 291 Å². The fraction of sp³-hybridized carbons (Fsp3) is 0.0238. The second kappa shape index (κ2) is 21.3. The van der Waals surface area contributed by atoms with Gasteiger partial charge >= 0.3 is 0 Å². The second-order valence-corrected chi connectivity index (χ2v) is 28.1. The van der Waals surface area contributed by atoms with Crippen molar-refractivity contribution in [1.29, 1.82) is 0 Å². The van der Waals surface area contributed by atoms with Crippen LogP contribution >= 0.6 is 22.7 Å². The Hall–Kier alpha value is -11.8. The summed E-state index contributed by atoms with van der Waals surface area (Å²) in [5.74, 6) is 6.46. The molecule has 0 atom stereocenters. The Balaban J connectivity index is 0.800. The van der Waals surface area contributed by atoms with E-state index in [2.05, 4.69) is 330 Å². The van der Waals surface area contributed by atoms with Gasteiger partial charge in [0.15, 0.2) is 0 Å². The largest absolute Gasteiger partial charge is 0.458 e. The lowest BCUT2D eigenvalue weighted by molar-refractivity contribution is 0.458. The summed E-state index contributed by atoms with van der Waals surface area (Å²) in [5.41, 5.74) is 21.4. The molecule has 8 heterocycles. The van der Waals surface area contributed by atoms with E-state index in [0.717, 1.165) is 163 Å². The van der Waals surface area contributed by atoms with Crippen molar-refractivity contribution in [3.8, 4) is 46.0 Å². The third kappa shape index (κ3) is 8.22. The zero-order valence-corrected chi connectivity index (χ0v) is 54.8. The molecule has 2 aromatic heterocycles. The van der Waals surface area contributed by atoms with Gasteiger partial charge in [-0.3, -0.25) is 0 Å². The van der Waals surface area contributed by atoms with Crippen molar-refractivity contribution in [2.45, 2.75) is 0 Å². The zero-order valence-electron chi connectivity index (χ0n) is 53.1. The molecule has 0 aliphatic carbocycles. The molecule has 21 rings (SSSR count). The Bertz CT molecular complexity index is 5690. The minimum Gasteiger partial charge on any atom is -0.458 e. The summed E-state index contributed by atoms with van der Waals surface area (Å²) in [4.78, 5) is 11.8. The van der Waals surface area contributed by atoms with Gasteiger partial charge in [-0.15, -0.1) is 22.7 Å². The lowest BCUT2D eigenvalue weighted by atomic mass is 9.31. The van der Waals surface area contributed by atoms with Crippen LogP contribution in [0.25, 0.3) is 20.2 Å². The number of anilines is 13. The highest BCUT2D eigenvalue weighted by atomic mass is 32.1. The zero-order chi connectivity index (χ0) is 64.4. The van der Waals surface area contributed by atoms with E-state index in [0.29, 0.717) is 0 Å². The highest BCUT2D eigenvalue weighted by molar-refractivity contribution is 7.34. The summed E-state index contributed by atoms with van der Waals surface area (Å²) in [6, 6.07) is 104. The summed E-state index contributed by atoms with van der Waals surface area (Å²) in [6.07, 6.45) is 0. The molecule has 0 radical (unpaired) electrons. The van der Waals surface area contributed by atoms with Crippen molar-refractivity contribution in [2.24, 2.45) is 0 Å². The molecular formula is C84H54B3N5O4S2. The number of fused-ring (bicyclic) bond motifs is 16. The van der Waals surface area contributed by atoms with Gasteiger partial charge in [-0.2, -0.15) is 0 Å². The van der Waals surface area contributed by atoms with E-state index < -0.39 is 0 Å². The third-order valence-electron chi connectivity index (χ3n) is 20.6. The molecule has 0 spiro atoms. The molecule has 460 valence electrons. The number of para-hydroxylation sites is 6. The van der Waals surface area contributed by atoms with Crippen LogP contribution in [0.1, 0.15) is 0 Å². The van der Waals surface area contributed by atoms with E-state index in [4.69, 9.17) is 18.9 Å². The fourth-order valence-electron chi connectivity index (χ4n) is 16.3. The Kier molecular flexibility index (Phi) is 12.1. The van der Waals surface area contributed by atoms with Gasteiger partial charge in [0.05, 0.1) is 17.1 Å². The first-order chi connectivity index (χ1) is 48.4. The molecule has 14 heteroatoms. The highest BCUT2D eigenvalue weighted by Crippen LogP contribution is 2.51. The Morgan fingerprint density at radius 3 is 1.01 bits per heavy atom. The van der Waals surface area contributed by atoms with Gasteiger partial charge in [0.25, 0.3) is 20.1 Å². The topological polar surface area (TPSA) is 53.1 Å². The van der Waals surface area contributed by atoms with Crippen LogP contribution in [0.4, 0.5) is 73.9 Å². The van der Waals surface area contributed by atoms with Gasteiger partial charge in [-0.25, -0.2) is 0 Å². The number of hydrogen-bond donors (Lipinski definition) is 0. The monoisotopic (exact) mass is 1290 g/mol. The van der Waals surface area contributed by atoms with E-state index >= 15 is 0 Å². The third-order valence-corrected chi connectivity index (χ3v) is 23.0. The van der Waals surface area contributed by atoms with Crippen LogP contribution in [0.15, 0.2) is 291 Å². The smallest absolute Gasteiger partial charge is 0.273 e. The van der Waals surface area contributed by atoms with Crippen LogP contribution in [-0.4, -0.2) is 34.2 Å². The van der Waals surface area contributed by atoms with Gasteiger partial charge in [-0.1, -0.05) is 146 Å². The normalized spacial score (nSPS) is 13.4. The SMILES string of the molecule is CN1c2cc3c(cc2B2c4cc5c(cc4Oc4cc(N(c6ccccc6)c6ccccc6)cc1c42)Oc1cc(N(c2ccccc2)c2ccccc2)cc2c1B5c1sc4ccccc4c1O2)B1c2sc4ccccc4c2Oc2cc(N(c4ccccc4)c4ccccc4)cc(c21)N3C. The second-order valence-electron chi connectivity index (χ2n) is 25.9. The fourth-order valence-corrected chi connectivity index (χ4v) is 18.9. The average molecular weight is 1290 g/mol. The molecule has 0 N–H and O–H groups in total. The molecule has 0 amide bonds. The standard InChI is InChI=1S/C84H54B3N5O4S2/c1-88-66-49-67-63(86-79-69(89(67)2)42-58(91(53-29-13-5-14-30-53)54-31-15-6-16-32-54)44-73(79)95-81-60-37-21-23-39-76(60)97-83(81)86)47-62(66)85-64-48-65-71(50-70(64)93-72-43-57(41-68(88)78(72)85)90(51-25-9-3-10-26-51)52-27-11-4-12-28-52)94-74-45-59(92(55-33-17-7-18-34-55)56-35-19-8-20-36-56)46-75-80(74)87(65)84-82(96-75)61-38-22-24-40-77(61)98-84/h3-50H,1-2H3. The number of nitrogens with zero attached hydrogens (tertiary/aromatic N) is 5. The van der Waals surface area contributed by atoms with Crippen LogP contribution in [0.3, 0.4) is 0 Å². The van der Waals surface area contributed by atoms with E-state index in [1.54, 1.807) is 0 Å². The van der Waals surface area contributed by atoms with Crippen LogP contribution in [0, 0.1) is 0 Å². The summed E-state index contributed by atoms with van der Waals surface area (Å²) in [5, 5.41) is 2.21. The van der Waals surface area contributed by atoms with E-state index in [9.17, 15) is 0 Å². The molecule has 15 aromatic rings. The van der Waals surface area contributed by atoms with E-state index in [-0.39, 0.29) is 20.1 Å². The molecule has 6 aliphatic rings. The van der Waals surface area contributed by atoms with Gasteiger partial charge in [0, 0.05) is 136 Å². The van der Waals surface area contributed by atoms with Gasteiger partial charge in [0.2, 0.25) is 0 Å². The summed E-state index contributed by atoms with van der Waals surface area (Å²) >= 11 is 3.65. The molecule has 0 bridgehead atoms. The Morgan fingerprint density at radius 1 is 0.265 bits per heavy atom. The molecular weight excluding hydrogens is 1240 g/mol. The molecule has 98 heavy (non-hydrogen) atoms. The molecule has 0 fully saturated rings. The summed E-state index contributed by atoms with van der Waals surface area (Å²) in [6.45, 7) is -0.662. The van der Waals surface area contributed by atoms with Gasteiger partial charge < -0.3 is 43.4 Å². The maximum atomic E-state index is 7.63. The van der Waals surface area contributed by atoms with Crippen molar-refractivity contribution in [1.82, 2.24) is 0 Å². The Morgan fingerprint density at radius 2 is 0.582 bits per heavy atom. The first-order valence-corrected chi connectivity index (χ1v) is 34.9. The van der Waals surface area contributed by atoms with Crippen molar-refractivity contribution in [3.63, 3.8) is 0 Å². The number of rotatable bonds is 9. The number of benzene rings is 13. The molecule has 0 unspecified atom stereocenters.